The first-order valence-electron chi connectivity index (χ1n) is 34.6. The van der Waals surface area contributed by atoms with Crippen molar-refractivity contribution in [2.24, 2.45) is 10.8 Å². The Kier molecular flexibility index (Phi) is 14.1. The second kappa shape index (κ2) is 22.9. The Hall–Kier alpha value is -10.9. The molecule has 2 aliphatic heterocycles. The Morgan fingerprint density at radius 1 is 0.289 bits per heavy atom. The Morgan fingerprint density at radius 2 is 0.577 bits per heavy atom. The summed E-state index contributed by atoms with van der Waals surface area (Å²) in [5, 5.41) is 4.95. The van der Waals surface area contributed by atoms with Crippen molar-refractivity contribution in [1.29, 1.82) is 0 Å². The summed E-state index contributed by atoms with van der Waals surface area (Å²) in [5.74, 6) is 0. The van der Waals surface area contributed by atoms with Crippen LogP contribution in [0.2, 0.25) is 0 Å². The smallest absolute Gasteiger partial charge is 0.252 e. The van der Waals surface area contributed by atoms with Crippen LogP contribution in [0, 0.1) is 10.8 Å². The molecule has 0 saturated heterocycles. The second-order valence-electron chi connectivity index (χ2n) is 30.5. The lowest BCUT2D eigenvalue weighted by atomic mass is 9.33. The molecule has 0 atom stereocenters. The van der Waals surface area contributed by atoms with Crippen molar-refractivity contribution in [1.82, 2.24) is 9.13 Å². The van der Waals surface area contributed by atoms with Crippen LogP contribution in [0.1, 0.15) is 79.0 Å². The summed E-state index contributed by atoms with van der Waals surface area (Å²) in [5.41, 5.74) is 30.7. The number of benzene rings is 13. The van der Waals surface area contributed by atoms with E-state index in [2.05, 4.69) is 372 Å². The third-order valence-corrected chi connectivity index (χ3v) is 20.2. The molecule has 0 saturated carbocycles. The number of fused-ring (bicyclic) bond motifs is 10. The lowest BCUT2D eigenvalue weighted by Crippen LogP contribution is -2.61. The standard InChI is InChI=1S/C92H79BN4/c1-90(2,3)58-60-50-73(62-30-14-10-15-31-62)88(74(51-60)63-32-16-11-17-33-63)96-83-56-67(94-79-42-26-22-38-69(79)70-39-23-27-43-80(70)94)46-48-77(83)93-78-49-47-68(95-81-44-28-24-40-71(81)72-41-25-29-45-82(72)95)57-84(78)97(86-55-66(92(7,8)9)54-85(96)87(86)93)89-75(64-34-18-12-19-35-64)52-61(59-91(4,5)6)53-76(89)65-36-20-13-21-37-65/h10-57H,58-59H2,1-9H3. The Morgan fingerprint density at radius 3 is 0.866 bits per heavy atom. The number of hydrogen-bond acceptors (Lipinski definition) is 2. The van der Waals surface area contributed by atoms with Gasteiger partial charge in [0.25, 0.3) is 6.71 Å². The van der Waals surface area contributed by atoms with Gasteiger partial charge in [-0.05, 0) is 169 Å². The molecule has 5 heteroatoms. The molecule has 0 N–H and O–H groups in total. The summed E-state index contributed by atoms with van der Waals surface area (Å²) in [6.07, 6.45) is 1.81. The van der Waals surface area contributed by atoms with Crippen LogP contribution in [0.15, 0.2) is 291 Å². The van der Waals surface area contributed by atoms with Crippen LogP contribution < -0.4 is 26.2 Å². The Labute approximate surface area is 571 Å². The molecule has 2 aliphatic rings. The summed E-state index contributed by atoms with van der Waals surface area (Å²) in [6.45, 7) is 21.2. The van der Waals surface area contributed by atoms with Gasteiger partial charge in [-0.15, -0.1) is 0 Å². The molecular weight excluding hydrogens is 1170 g/mol. The SMILES string of the molecule is CC(C)(C)Cc1cc(-c2ccccc2)c(N2c3cc(-n4c5ccccc5c5ccccc54)ccc3B3c4ccc(-n5c6ccccc6c6ccccc65)cc4N(c4c(-c5ccccc5)cc(CC(C)(C)C)cc4-c4ccccc4)c4cc(C(C)(C)C)cc2c43)c(-c2ccccc2)c1. The van der Waals surface area contributed by atoms with E-state index in [4.69, 9.17) is 0 Å². The van der Waals surface area contributed by atoms with E-state index in [1.165, 1.54) is 133 Å². The fourth-order valence-electron chi connectivity index (χ4n) is 16.2. The highest BCUT2D eigenvalue weighted by Crippen LogP contribution is 2.55. The van der Waals surface area contributed by atoms with Crippen molar-refractivity contribution in [2.45, 2.75) is 80.6 Å². The molecule has 13 aromatic carbocycles. The Balaban J connectivity index is 1.06. The lowest BCUT2D eigenvalue weighted by molar-refractivity contribution is 0.411. The summed E-state index contributed by atoms with van der Waals surface area (Å²) in [4.78, 5) is 5.47. The fraction of sp³-hybridized carbons (Fsp3) is 0.152. The first-order valence-corrected chi connectivity index (χ1v) is 34.6. The van der Waals surface area contributed by atoms with Crippen LogP contribution in [-0.2, 0) is 18.3 Å². The van der Waals surface area contributed by atoms with Gasteiger partial charge in [0.2, 0.25) is 0 Å². The highest BCUT2D eigenvalue weighted by Gasteiger charge is 2.46. The van der Waals surface area contributed by atoms with Gasteiger partial charge >= 0.3 is 0 Å². The molecule has 0 fully saturated rings. The molecule has 0 aliphatic carbocycles. The highest BCUT2D eigenvalue weighted by atomic mass is 15.2. The molecule has 2 aromatic heterocycles. The van der Waals surface area contributed by atoms with E-state index in [9.17, 15) is 0 Å². The first kappa shape index (κ1) is 59.8. The average Bonchev–Trinajstić information content (AvgIpc) is 0.985. The first-order chi connectivity index (χ1) is 47.0. The number of para-hydroxylation sites is 4. The molecule has 0 bridgehead atoms. The van der Waals surface area contributed by atoms with Crippen LogP contribution in [0.25, 0.3) is 99.5 Å². The van der Waals surface area contributed by atoms with Gasteiger partial charge in [-0.3, -0.25) is 0 Å². The van der Waals surface area contributed by atoms with E-state index < -0.39 is 0 Å². The van der Waals surface area contributed by atoms with E-state index in [0.717, 1.165) is 47.0 Å². The second-order valence-corrected chi connectivity index (χ2v) is 30.5. The van der Waals surface area contributed by atoms with Gasteiger partial charge in [-0.1, -0.05) is 269 Å². The quantitative estimate of drug-likeness (QED) is 0.127. The van der Waals surface area contributed by atoms with Gasteiger partial charge in [-0.2, -0.15) is 0 Å². The zero-order chi connectivity index (χ0) is 66.1. The van der Waals surface area contributed by atoms with Crippen LogP contribution in [-0.4, -0.2) is 15.8 Å². The average molecular weight is 1250 g/mol. The molecule has 17 rings (SSSR count). The molecular formula is C92H79BN4. The van der Waals surface area contributed by atoms with E-state index in [0.29, 0.717) is 0 Å². The van der Waals surface area contributed by atoms with Crippen LogP contribution in [0.4, 0.5) is 34.1 Å². The predicted octanol–water partition coefficient (Wildman–Crippen LogP) is 23.1. The third kappa shape index (κ3) is 10.3. The van der Waals surface area contributed by atoms with E-state index in [1.54, 1.807) is 0 Å². The number of aromatic nitrogens is 2. The van der Waals surface area contributed by atoms with Crippen molar-refractivity contribution >= 4 is 101 Å². The van der Waals surface area contributed by atoms with Gasteiger partial charge in [0.15, 0.2) is 0 Å². The van der Waals surface area contributed by atoms with Crippen LogP contribution in [0.3, 0.4) is 0 Å². The number of hydrogen-bond donors (Lipinski definition) is 0. The number of nitrogens with zero attached hydrogens (tertiary/aromatic N) is 4. The van der Waals surface area contributed by atoms with E-state index in [1.807, 2.05) is 0 Å². The van der Waals surface area contributed by atoms with Crippen molar-refractivity contribution < 1.29 is 0 Å². The van der Waals surface area contributed by atoms with Crippen molar-refractivity contribution in [3.05, 3.63) is 308 Å². The lowest BCUT2D eigenvalue weighted by Gasteiger charge is -2.46. The van der Waals surface area contributed by atoms with Crippen molar-refractivity contribution in [2.75, 3.05) is 9.80 Å². The molecule has 97 heavy (non-hydrogen) atoms. The summed E-state index contributed by atoms with van der Waals surface area (Å²) >= 11 is 0. The minimum Gasteiger partial charge on any atom is -0.310 e. The van der Waals surface area contributed by atoms with Gasteiger partial charge in [-0.25, -0.2) is 0 Å². The molecule has 470 valence electrons. The summed E-state index contributed by atoms with van der Waals surface area (Å²) in [6, 6.07) is 111. The molecule has 0 unspecified atom stereocenters. The predicted molar refractivity (Wildman–Crippen MR) is 416 cm³/mol. The Bertz CT molecular complexity index is 5020. The van der Waals surface area contributed by atoms with Crippen molar-refractivity contribution in [3.63, 3.8) is 0 Å². The summed E-state index contributed by atoms with van der Waals surface area (Å²) < 4.78 is 5.01. The summed E-state index contributed by atoms with van der Waals surface area (Å²) in [7, 11) is 0. The maximum absolute atomic E-state index is 2.74. The van der Waals surface area contributed by atoms with E-state index in [-0.39, 0.29) is 23.0 Å². The maximum atomic E-state index is 2.74. The van der Waals surface area contributed by atoms with E-state index >= 15 is 0 Å². The largest absolute Gasteiger partial charge is 0.310 e. The number of anilines is 6. The molecule has 0 spiro atoms. The maximum Gasteiger partial charge on any atom is 0.252 e. The highest BCUT2D eigenvalue weighted by molar-refractivity contribution is 7.00. The zero-order valence-corrected chi connectivity index (χ0v) is 57.0. The third-order valence-electron chi connectivity index (χ3n) is 20.2. The normalized spacial score (nSPS) is 13.0. The van der Waals surface area contributed by atoms with Gasteiger partial charge < -0.3 is 18.9 Å². The number of rotatable bonds is 10. The minimum atomic E-state index is -0.309. The van der Waals surface area contributed by atoms with Crippen LogP contribution in [0.5, 0.6) is 0 Å². The molecule has 15 aromatic rings. The zero-order valence-electron chi connectivity index (χ0n) is 57.0. The molecule has 4 nitrogen and oxygen atoms in total. The van der Waals surface area contributed by atoms with Gasteiger partial charge in [0, 0.05) is 77.9 Å². The van der Waals surface area contributed by atoms with Gasteiger partial charge in [0.05, 0.1) is 33.4 Å². The van der Waals surface area contributed by atoms with Crippen LogP contribution >= 0.6 is 0 Å². The monoisotopic (exact) mass is 1250 g/mol. The minimum absolute atomic E-state index is 0.0200. The molecule has 0 amide bonds. The fourth-order valence-corrected chi connectivity index (χ4v) is 16.2. The van der Waals surface area contributed by atoms with Crippen molar-refractivity contribution in [3.8, 4) is 55.9 Å². The van der Waals surface area contributed by atoms with Gasteiger partial charge in [0.1, 0.15) is 0 Å². The molecule has 0 radical (unpaired) electrons. The molecule has 4 heterocycles. The topological polar surface area (TPSA) is 16.3 Å².